The van der Waals surface area contributed by atoms with E-state index >= 15 is 0 Å². The summed E-state index contributed by atoms with van der Waals surface area (Å²) in [5.41, 5.74) is 0.639. The maximum atomic E-state index is 11.8. The van der Waals surface area contributed by atoms with Gasteiger partial charge in [-0.25, -0.2) is 0 Å². The fraction of sp³-hybridized carbons (Fsp3) is 0.0714. The van der Waals surface area contributed by atoms with E-state index in [1.807, 2.05) is 0 Å². The van der Waals surface area contributed by atoms with Gasteiger partial charge in [-0.05, 0) is 30.3 Å². The Morgan fingerprint density at radius 2 is 2.18 bits per heavy atom. The van der Waals surface area contributed by atoms with Crippen molar-refractivity contribution >= 4 is 35.0 Å². The van der Waals surface area contributed by atoms with Gasteiger partial charge in [0.15, 0.2) is 5.76 Å². The van der Waals surface area contributed by atoms with Crippen LogP contribution in [0.4, 0.5) is 5.69 Å². The van der Waals surface area contributed by atoms with Gasteiger partial charge in [0.05, 0.1) is 12.0 Å². The Morgan fingerprint density at radius 3 is 2.95 bits per heavy atom. The van der Waals surface area contributed by atoms with Gasteiger partial charge >= 0.3 is 0 Å². The molecule has 3 aromatic rings. The zero-order chi connectivity index (χ0) is 15.4. The van der Waals surface area contributed by atoms with E-state index in [0.29, 0.717) is 21.7 Å². The zero-order valence-corrected chi connectivity index (χ0v) is 12.7. The number of hydrogen-bond donors (Lipinski definition) is 1. The molecule has 0 unspecified atom stereocenters. The van der Waals surface area contributed by atoms with Crippen molar-refractivity contribution in [3.05, 3.63) is 47.7 Å². The minimum atomic E-state index is -0.190. The first kappa shape index (κ1) is 14.7. The second kappa shape index (κ2) is 6.67. The summed E-state index contributed by atoms with van der Waals surface area (Å²) in [5.74, 6) is 0.724. The van der Waals surface area contributed by atoms with Crippen molar-refractivity contribution in [3.8, 4) is 11.7 Å². The highest BCUT2D eigenvalue weighted by molar-refractivity contribution is 7.99. The molecule has 0 aliphatic heterocycles. The van der Waals surface area contributed by atoms with Crippen LogP contribution in [-0.4, -0.2) is 21.9 Å². The lowest BCUT2D eigenvalue weighted by atomic mass is 10.3. The first-order valence-corrected chi connectivity index (χ1v) is 7.63. The summed E-state index contributed by atoms with van der Waals surface area (Å²) in [6, 6.07) is 10.4. The number of carbonyl (C=O) groups excluding carboxylic acids is 1. The molecule has 8 heteroatoms. The molecule has 0 saturated carbocycles. The molecule has 0 atom stereocenters. The molecule has 0 spiro atoms. The number of carbonyl (C=O) groups is 1. The molecule has 0 fully saturated rings. The summed E-state index contributed by atoms with van der Waals surface area (Å²) in [4.78, 5) is 11.8. The number of halogens is 1. The predicted molar refractivity (Wildman–Crippen MR) is 82.8 cm³/mol. The fourth-order valence-corrected chi connectivity index (χ4v) is 2.41. The summed E-state index contributed by atoms with van der Waals surface area (Å²) in [5, 5.41) is 11.3. The number of amides is 1. The summed E-state index contributed by atoms with van der Waals surface area (Å²) >= 11 is 7.00. The van der Waals surface area contributed by atoms with E-state index < -0.39 is 0 Å². The van der Waals surface area contributed by atoms with Crippen LogP contribution in [0, 0.1) is 0 Å². The van der Waals surface area contributed by atoms with Crippen LogP contribution in [0.15, 0.2) is 56.7 Å². The molecule has 1 N–H and O–H groups in total. The van der Waals surface area contributed by atoms with Crippen molar-refractivity contribution in [2.45, 2.75) is 5.22 Å². The molecule has 0 aliphatic rings. The van der Waals surface area contributed by atoms with Crippen molar-refractivity contribution in [1.82, 2.24) is 10.2 Å². The molecule has 1 aromatic carbocycles. The molecule has 22 heavy (non-hydrogen) atoms. The zero-order valence-electron chi connectivity index (χ0n) is 11.2. The summed E-state index contributed by atoms with van der Waals surface area (Å²) in [6.45, 7) is 0. The highest BCUT2D eigenvalue weighted by Crippen LogP contribution is 2.23. The molecule has 2 aromatic heterocycles. The van der Waals surface area contributed by atoms with E-state index in [9.17, 15) is 4.79 Å². The van der Waals surface area contributed by atoms with E-state index in [1.165, 1.54) is 6.26 Å². The normalized spacial score (nSPS) is 10.6. The summed E-state index contributed by atoms with van der Waals surface area (Å²) in [6.07, 6.45) is 1.52. The van der Waals surface area contributed by atoms with Crippen LogP contribution in [0.1, 0.15) is 0 Å². The van der Waals surface area contributed by atoms with E-state index in [4.69, 9.17) is 20.4 Å². The molecule has 0 aliphatic carbocycles. The second-order valence-electron chi connectivity index (χ2n) is 4.20. The topological polar surface area (TPSA) is 81.2 Å². The summed E-state index contributed by atoms with van der Waals surface area (Å²) < 4.78 is 10.5. The average Bonchev–Trinajstić information content (AvgIpc) is 3.16. The molecule has 112 valence electrons. The first-order valence-electron chi connectivity index (χ1n) is 6.26. The van der Waals surface area contributed by atoms with Crippen molar-refractivity contribution in [2.24, 2.45) is 0 Å². The molecular formula is C14H10ClN3O3S. The Hall–Kier alpha value is -2.25. The van der Waals surface area contributed by atoms with Crippen LogP contribution in [0.5, 0.6) is 0 Å². The number of nitrogens with zero attached hydrogens (tertiary/aromatic N) is 2. The highest BCUT2D eigenvalue weighted by atomic mass is 35.5. The number of furan rings is 1. The Labute approximate surface area is 134 Å². The average molecular weight is 336 g/mol. The van der Waals surface area contributed by atoms with Crippen molar-refractivity contribution in [1.29, 1.82) is 0 Å². The number of benzene rings is 1. The van der Waals surface area contributed by atoms with E-state index in [-0.39, 0.29) is 17.6 Å². The number of aromatic nitrogens is 2. The Bertz CT molecular complexity index is 773. The molecule has 3 rings (SSSR count). The predicted octanol–water partition coefficient (Wildman–Crippen LogP) is 3.71. The van der Waals surface area contributed by atoms with Gasteiger partial charge in [-0.15, -0.1) is 10.2 Å². The minimum absolute atomic E-state index is 0.145. The lowest BCUT2D eigenvalue weighted by Gasteiger charge is -2.03. The number of rotatable bonds is 5. The molecule has 0 bridgehead atoms. The van der Waals surface area contributed by atoms with Crippen LogP contribution >= 0.6 is 23.4 Å². The number of anilines is 1. The molecular weight excluding hydrogens is 326 g/mol. The third-order valence-electron chi connectivity index (χ3n) is 2.57. The van der Waals surface area contributed by atoms with Gasteiger partial charge in [-0.1, -0.05) is 29.4 Å². The molecule has 1 amide bonds. The molecule has 6 nitrogen and oxygen atoms in total. The van der Waals surface area contributed by atoms with Crippen LogP contribution in [0.25, 0.3) is 11.7 Å². The lowest BCUT2D eigenvalue weighted by Crippen LogP contribution is -2.13. The third kappa shape index (κ3) is 3.69. The van der Waals surface area contributed by atoms with Gasteiger partial charge in [-0.2, -0.15) is 0 Å². The highest BCUT2D eigenvalue weighted by Gasteiger charge is 2.12. The number of nitrogens with one attached hydrogen (secondary N) is 1. The maximum Gasteiger partial charge on any atom is 0.284 e. The number of hydrogen-bond acceptors (Lipinski definition) is 6. The Morgan fingerprint density at radius 1 is 1.27 bits per heavy atom. The van der Waals surface area contributed by atoms with E-state index in [0.717, 1.165) is 11.8 Å². The SMILES string of the molecule is O=C(CSc1nnc(-c2ccco2)o1)Nc1cccc(Cl)c1. The van der Waals surface area contributed by atoms with Crippen molar-refractivity contribution < 1.29 is 13.6 Å². The fourth-order valence-electron chi connectivity index (χ4n) is 1.66. The van der Waals surface area contributed by atoms with Gasteiger partial charge < -0.3 is 14.2 Å². The number of thioether (sulfide) groups is 1. The maximum absolute atomic E-state index is 11.8. The molecule has 2 heterocycles. The third-order valence-corrected chi connectivity index (χ3v) is 3.63. The van der Waals surface area contributed by atoms with Crippen LogP contribution in [0.2, 0.25) is 5.02 Å². The van der Waals surface area contributed by atoms with E-state index in [2.05, 4.69) is 15.5 Å². The van der Waals surface area contributed by atoms with Gasteiger partial charge in [0.25, 0.3) is 11.1 Å². The van der Waals surface area contributed by atoms with Gasteiger partial charge in [-0.3, -0.25) is 4.79 Å². The van der Waals surface area contributed by atoms with Gasteiger partial charge in [0, 0.05) is 10.7 Å². The quantitative estimate of drug-likeness (QED) is 0.716. The summed E-state index contributed by atoms with van der Waals surface area (Å²) in [7, 11) is 0. The van der Waals surface area contributed by atoms with Crippen LogP contribution in [-0.2, 0) is 4.79 Å². The second-order valence-corrected chi connectivity index (χ2v) is 5.56. The van der Waals surface area contributed by atoms with Crippen molar-refractivity contribution in [3.63, 3.8) is 0 Å². The van der Waals surface area contributed by atoms with Gasteiger partial charge in [0.1, 0.15) is 0 Å². The monoisotopic (exact) mass is 335 g/mol. The Balaban J connectivity index is 1.55. The van der Waals surface area contributed by atoms with E-state index in [1.54, 1.807) is 36.4 Å². The standard InChI is InChI=1S/C14H10ClN3O3S/c15-9-3-1-4-10(7-9)16-12(19)8-22-14-18-17-13(21-14)11-5-2-6-20-11/h1-7H,8H2,(H,16,19). The molecule has 0 radical (unpaired) electrons. The molecule has 0 saturated heterocycles. The smallest absolute Gasteiger partial charge is 0.284 e. The van der Waals surface area contributed by atoms with Crippen LogP contribution < -0.4 is 5.32 Å². The van der Waals surface area contributed by atoms with Crippen molar-refractivity contribution in [2.75, 3.05) is 11.1 Å². The Kier molecular flexibility index (Phi) is 4.45. The van der Waals surface area contributed by atoms with Gasteiger partial charge in [0.2, 0.25) is 5.91 Å². The van der Waals surface area contributed by atoms with Crippen LogP contribution in [0.3, 0.4) is 0 Å². The largest absolute Gasteiger partial charge is 0.459 e. The first-order chi connectivity index (χ1) is 10.7. The minimum Gasteiger partial charge on any atom is -0.459 e. The lowest BCUT2D eigenvalue weighted by molar-refractivity contribution is -0.113.